The molecule has 1 aliphatic rings. The molecule has 3 aromatic rings. The van der Waals surface area contributed by atoms with Crippen molar-refractivity contribution in [2.45, 2.75) is 69.5 Å². The quantitative estimate of drug-likeness (QED) is 0.247. The van der Waals surface area contributed by atoms with Crippen LogP contribution in [0.2, 0.25) is 5.02 Å². The standard InChI is InChI=1S/C34H42ClN3O7S/c1-23-11-13-25(14-12-23)21-37(24(2)34(40)36-27-9-7-6-8-10-27)33(39)22-38(29-19-26(35)15-17-30(29)43-3)46(41,42)28-16-18-31(44-4)32(20-28)45-5/h11-20,24,27H,6-10,21-22H2,1-5H3,(H,36,40)/t24-/m1/s1. The molecule has 248 valence electrons. The van der Waals surface area contributed by atoms with Crippen LogP contribution in [0.25, 0.3) is 0 Å². The summed E-state index contributed by atoms with van der Waals surface area (Å²) in [4.78, 5) is 29.2. The highest BCUT2D eigenvalue weighted by Gasteiger charge is 2.35. The Labute approximate surface area is 276 Å². The maximum absolute atomic E-state index is 14.4. The minimum absolute atomic E-state index is 0.0395. The van der Waals surface area contributed by atoms with Gasteiger partial charge in [0.05, 0.1) is 31.9 Å². The van der Waals surface area contributed by atoms with Crippen molar-refractivity contribution in [3.05, 3.63) is 76.8 Å². The maximum Gasteiger partial charge on any atom is 0.265 e. The van der Waals surface area contributed by atoms with Crippen LogP contribution in [0.1, 0.15) is 50.2 Å². The number of carbonyl (C=O) groups excluding carboxylic acids is 2. The molecule has 0 bridgehead atoms. The zero-order chi connectivity index (χ0) is 33.4. The molecule has 1 aliphatic carbocycles. The summed E-state index contributed by atoms with van der Waals surface area (Å²) in [6.45, 7) is 3.08. The van der Waals surface area contributed by atoms with Crippen LogP contribution in [0.3, 0.4) is 0 Å². The Hall–Kier alpha value is -3.96. The Kier molecular flexibility index (Phi) is 11.8. The fourth-order valence-electron chi connectivity index (χ4n) is 5.52. The normalized spacial score (nSPS) is 14.2. The number of halogens is 1. The molecule has 1 fully saturated rings. The summed E-state index contributed by atoms with van der Waals surface area (Å²) in [5.41, 5.74) is 1.91. The van der Waals surface area contributed by atoms with Crippen LogP contribution in [0.15, 0.2) is 65.6 Å². The number of rotatable bonds is 13. The van der Waals surface area contributed by atoms with Gasteiger partial charge in [0.2, 0.25) is 11.8 Å². The second-order valence-electron chi connectivity index (χ2n) is 11.4. The summed E-state index contributed by atoms with van der Waals surface area (Å²) in [5.74, 6) is -0.150. The van der Waals surface area contributed by atoms with Crippen LogP contribution in [-0.4, -0.2) is 65.1 Å². The molecule has 0 aromatic heterocycles. The van der Waals surface area contributed by atoms with E-state index in [-0.39, 0.29) is 45.6 Å². The number of nitrogens with zero attached hydrogens (tertiary/aromatic N) is 2. The van der Waals surface area contributed by atoms with Crippen LogP contribution in [0.4, 0.5) is 5.69 Å². The van der Waals surface area contributed by atoms with E-state index in [0.717, 1.165) is 47.5 Å². The average Bonchev–Trinajstić information content (AvgIpc) is 3.06. The van der Waals surface area contributed by atoms with Crippen LogP contribution in [0.5, 0.6) is 17.2 Å². The minimum atomic E-state index is -4.43. The lowest BCUT2D eigenvalue weighted by Crippen LogP contribution is -2.53. The summed E-state index contributed by atoms with van der Waals surface area (Å²) in [6.07, 6.45) is 4.98. The van der Waals surface area contributed by atoms with Crippen molar-refractivity contribution in [2.24, 2.45) is 0 Å². The van der Waals surface area contributed by atoms with E-state index in [1.54, 1.807) is 13.0 Å². The van der Waals surface area contributed by atoms with Gasteiger partial charge in [0.25, 0.3) is 10.0 Å². The van der Waals surface area contributed by atoms with E-state index >= 15 is 0 Å². The Morgan fingerprint density at radius 3 is 2.15 bits per heavy atom. The predicted octanol–water partition coefficient (Wildman–Crippen LogP) is 5.74. The largest absolute Gasteiger partial charge is 0.495 e. The topological polar surface area (TPSA) is 114 Å². The van der Waals surface area contributed by atoms with Gasteiger partial charge in [-0.05, 0) is 62.6 Å². The smallest absolute Gasteiger partial charge is 0.265 e. The third kappa shape index (κ3) is 8.24. The molecule has 10 nitrogen and oxygen atoms in total. The highest BCUT2D eigenvalue weighted by atomic mass is 35.5. The highest BCUT2D eigenvalue weighted by Crippen LogP contribution is 2.37. The van der Waals surface area contributed by atoms with Crippen LogP contribution < -0.4 is 23.8 Å². The molecule has 0 radical (unpaired) electrons. The Bertz CT molecular complexity index is 1630. The molecule has 0 unspecified atom stereocenters. The molecule has 0 spiro atoms. The molecule has 3 aromatic carbocycles. The number of amides is 2. The van der Waals surface area contributed by atoms with Gasteiger partial charge in [0.15, 0.2) is 11.5 Å². The van der Waals surface area contributed by atoms with Gasteiger partial charge in [0, 0.05) is 23.7 Å². The minimum Gasteiger partial charge on any atom is -0.495 e. The number of nitrogens with one attached hydrogen (secondary N) is 1. The molecule has 0 heterocycles. The molecule has 0 aliphatic heterocycles. The molecule has 1 atom stereocenters. The number of hydrogen-bond donors (Lipinski definition) is 1. The lowest BCUT2D eigenvalue weighted by Gasteiger charge is -2.33. The highest BCUT2D eigenvalue weighted by molar-refractivity contribution is 7.92. The molecule has 0 saturated heterocycles. The number of carbonyl (C=O) groups is 2. The first kappa shape index (κ1) is 34.9. The van der Waals surface area contributed by atoms with Crippen molar-refractivity contribution in [3.8, 4) is 17.2 Å². The average molecular weight is 672 g/mol. The van der Waals surface area contributed by atoms with E-state index in [4.69, 9.17) is 25.8 Å². The second kappa shape index (κ2) is 15.6. The molecular formula is C34H42ClN3O7S. The first-order valence-corrected chi connectivity index (χ1v) is 17.0. The van der Waals surface area contributed by atoms with Crippen LogP contribution in [0, 0.1) is 6.92 Å². The fraction of sp³-hybridized carbons (Fsp3) is 0.412. The number of methoxy groups -OCH3 is 3. The summed E-state index contributed by atoms with van der Waals surface area (Å²) in [6, 6.07) is 15.5. The molecule has 1 saturated carbocycles. The number of aryl methyl sites for hydroxylation is 1. The monoisotopic (exact) mass is 671 g/mol. The SMILES string of the molecule is COc1ccc(S(=O)(=O)N(CC(=O)N(Cc2ccc(C)cc2)[C@H](C)C(=O)NC2CCCCC2)c2cc(Cl)ccc2OC)cc1OC. The van der Waals surface area contributed by atoms with E-state index in [2.05, 4.69) is 5.32 Å². The van der Waals surface area contributed by atoms with Crippen molar-refractivity contribution in [1.29, 1.82) is 0 Å². The summed E-state index contributed by atoms with van der Waals surface area (Å²) in [7, 11) is -0.178. The lowest BCUT2D eigenvalue weighted by atomic mass is 9.95. The van der Waals surface area contributed by atoms with Gasteiger partial charge in [-0.25, -0.2) is 8.42 Å². The molecule has 1 N–H and O–H groups in total. The van der Waals surface area contributed by atoms with Gasteiger partial charge in [-0.2, -0.15) is 0 Å². The molecule has 2 amide bonds. The van der Waals surface area contributed by atoms with Gasteiger partial charge in [-0.3, -0.25) is 13.9 Å². The van der Waals surface area contributed by atoms with Crippen LogP contribution in [-0.2, 0) is 26.2 Å². The van der Waals surface area contributed by atoms with Gasteiger partial charge >= 0.3 is 0 Å². The van der Waals surface area contributed by atoms with Gasteiger partial charge in [-0.15, -0.1) is 0 Å². The van der Waals surface area contributed by atoms with E-state index in [1.165, 1.54) is 56.6 Å². The van der Waals surface area contributed by atoms with Crippen molar-refractivity contribution in [2.75, 3.05) is 32.2 Å². The van der Waals surface area contributed by atoms with E-state index in [9.17, 15) is 18.0 Å². The summed E-state index contributed by atoms with van der Waals surface area (Å²) in [5, 5.41) is 3.35. The molecular weight excluding hydrogens is 630 g/mol. The molecule has 4 rings (SSSR count). The third-order valence-electron chi connectivity index (χ3n) is 8.22. The molecule has 46 heavy (non-hydrogen) atoms. The zero-order valence-electron chi connectivity index (χ0n) is 26.9. The van der Waals surface area contributed by atoms with E-state index in [1.807, 2.05) is 31.2 Å². The molecule has 12 heteroatoms. The van der Waals surface area contributed by atoms with Gasteiger partial charge in [-0.1, -0.05) is 60.7 Å². The number of benzene rings is 3. The van der Waals surface area contributed by atoms with Gasteiger partial charge < -0.3 is 24.4 Å². The lowest BCUT2D eigenvalue weighted by molar-refractivity contribution is -0.139. The van der Waals surface area contributed by atoms with Crippen molar-refractivity contribution in [1.82, 2.24) is 10.2 Å². The number of hydrogen-bond acceptors (Lipinski definition) is 7. The summed E-state index contributed by atoms with van der Waals surface area (Å²) < 4.78 is 45.9. The van der Waals surface area contributed by atoms with Crippen LogP contribution >= 0.6 is 11.6 Å². The van der Waals surface area contributed by atoms with Crippen molar-refractivity contribution in [3.63, 3.8) is 0 Å². The van der Waals surface area contributed by atoms with Gasteiger partial charge in [0.1, 0.15) is 18.3 Å². The zero-order valence-corrected chi connectivity index (χ0v) is 28.5. The first-order valence-electron chi connectivity index (χ1n) is 15.2. The first-order chi connectivity index (χ1) is 22.0. The Morgan fingerprint density at radius 2 is 1.52 bits per heavy atom. The fourth-order valence-corrected chi connectivity index (χ4v) is 7.12. The van der Waals surface area contributed by atoms with E-state index < -0.39 is 28.5 Å². The predicted molar refractivity (Wildman–Crippen MR) is 178 cm³/mol. The third-order valence-corrected chi connectivity index (χ3v) is 10.2. The summed E-state index contributed by atoms with van der Waals surface area (Å²) >= 11 is 6.34. The number of anilines is 1. The van der Waals surface area contributed by atoms with E-state index in [0.29, 0.717) is 5.75 Å². The Morgan fingerprint density at radius 1 is 0.891 bits per heavy atom. The van der Waals surface area contributed by atoms with Crippen molar-refractivity contribution >= 4 is 39.1 Å². The Balaban J connectivity index is 1.76. The maximum atomic E-state index is 14.4. The second-order valence-corrected chi connectivity index (χ2v) is 13.7. The number of ether oxygens (including phenoxy) is 3. The number of sulfonamides is 1. The van der Waals surface area contributed by atoms with Crippen molar-refractivity contribution < 1.29 is 32.2 Å².